The number of carbonyl (C=O) groups excluding carboxylic acids is 2. The summed E-state index contributed by atoms with van der Waals surface area (Å²) < 4.78 is 0.886. The van der Waals surface area contributed by atoms with Crippen molar-refractivity contribution in [2.24, 2.45) is 0 Å². The van der Waals surface area contributed by atoms with Gasteiger partial charge in [0.1, 0.15) is 9.71 Å². The van der Waals surface area contributed by atoms with Gasteiger partial charge in [-0.3, -0.25) is 9.59 Å². The van der Waals surface area contributed by atoms with E-state index in [4.69, 9.17) is 10.7 Å². The Morgan fingerprint density at radius 1 is 0.949 bits per heavy atom. The van der Waals surface area contributed by atoms with Gasteiger partial charge < -0.3 is 11.1 Å². The first kappa shape index (κ1) is 26.8. The molecule has 39 heavy (non-hydrogen) atoms. The van der Waals surface area contributed by atoms with Gasteiger partial charge in [-0.2, -0.15) is 0 Å². The summed E-state index contributed by atoms with van der Waals surface area (Å²) in [7, 11) is 0. The van der Waals surface area contributed by atoms with Gasteiger partial charge in [0, 0.05) is 26.7 Å². The van der Waals surface area contributed by atoms with E-state index in [1.165, 1.54) is 16.9 Å². The van der Waals surface area contributed by atoms with Gasteiger partial charge in [0.2, 0.25) is 5.78 Å². The zero-order valence-electron chi connectivity index (χ0n) is 22.1. The molecular formula is C32H28BrN3O2S. The first-order valence-corrected chi connectivity index (χ1v) is 14.3. The van der Waals surface area contributed by atoms with Crippen LogP contribution in [0, 0.1) is 13.8 Å². The van der Waals surface area contributed by atoms with Crippen molar-refractivity contribution in [3.05, 3.63) is 110 Å². The second-order valence-corrected chi connectivity index (χ2v) is 11.8. The van der Waals surface area contributed by atoms with Gasteiger partial charge in [-0.05, 0) is 66.8 Å². The number of carbonyl (C=O) groups is 2. The fourth-order valence-electron chi connectivity index (χ4n) is 4.67. The van der Waals surface area contributed by atoms with Crippen molar-refractivity contribution in [3.8, 4) is 11.1 Å². The van der Waals surface area contributed by atoms with E-state index in [-0.39, 0.29) is 11.7 Å². The maximum atomic E-state index is 13.8. The Hall–Kier alpha value is -3.81. The molecule has 196 valence electrons. The Balaban J connectivity index is 1.73. The molecule has 3 N–H and O–H groups in total. The van der Waals surface area contributed by atoms with Crippen molar-refractivity contribution >= 4 is 60.5 Å². The standard InChI is InChI=1S/C32H28BrN3O2S/c1-17(2)20-9-11-21(12-10-20)26-25(31(38)36-24-8-6-5-7-18(24)3)19(4)35-32-27(26)28(34)30(39-32)29(37)22-13-15-23(33)16-14-22/h5-17H,34H2,1-4H3,(H,36,38). The molecule has 0 atom stereocenters. The zero-order valence-corrected chi connectivity index (χ0v) is 24.5. The highest BCUT2D eigenvalue weighted by Gasteiger charge is 2.27. The summed E-state index contributed by atoms with van der Waals surface area (Å²) in [4.78, 5) is 33.2. The van der Waals surface area contributed by atoms with Crippen LogP contribution >= 0.6 is 27.3 Å². The minimum absolute atomic E-state index is 0.173. The number of anilines is 2. The number of hydrogen-bond donors (Lipinski definition) is 2. The Morgan fingerprint density at radius 3 is 2.26 bits per heavy atom. The van der Waals surface area contributed by atoms with Crippen LogP contribution in [0.15, 0.2) is 77.3 Å². The number of pyridine rings is 1. The van der Waals surface area contributed by atoms with Gasteiger partial charge in [-0.25, -0.2) is 4.98 Å². The summed E-state index contributed by atoms with van der Waals surface area (Å²) in [6.07, 6.45) is 0. The predicted molar refractivity (Wildman–Crippen MR) is 165 cm³/mol. The fourth-order valence-corrected chi connectivity index (χ4v) is 6.04. The molecule has 2 aromatic heterocycles. The van der Waals surface area contributed by atoms with Gasteiger partial charge in [0.15, 0.2) is 0 Å². The molecule has 0 saturated heterocycles. The number of para-hydroxylation sites is 1. The average molecular weight is 599 g/mol. The van der Waals surface area contributed by atoms with Crippen LogP contribution in [0.3, 0.4) is 0 Å². The molecule has 0 unspecified atom stereocenters. The third-order valence-electron chi connectivity index (χ3n) is 6.86. The summed E-state index contributed by atoms with van der Waals surface area (Å²) >= 11 is 4.68. The molecule has 0 radical (unpaired) electrons. The minimum atomic E-state index is -0.273. The lowest BCUT2D eigenvalue weighted by Crippen LogP contribution is -2.16. The zero-order chi connectivity index (χ0) is 27.8. The number of fused-ring (bicyclic) bond motifs is 1. The molecule has 0 fully saturated rings. The first-order valence-electron chi connectivity index (χ1n) is 12.7. The van der Waals surface area contributed by atoms with Crippen LogP contribution < -0.4 is 11.1 Å². The molecule has 5 nitrogen and oxygen atoms in total. The van der Waals surface area contributed by atoms with E-state index in [2.05, 4.69) is 47.2 Å². The number of aryl methyl sites for hydroxylation is 2. The van der Waals surface area contributed by atoms with Crippen LogP contribution in [-0.4, -0.2) is 16.7 Å². The Kier molecular flexibility index (Phi) is 7.38. The summed E-state index contributed by atoms with van der Waals surface area (Å²) in [5, 5.41) is 3.69. The number of halogens is 1. The smallest absolute Gasteiger partial charge is 0.258 e. The number of nitrogens with zero attached hydrogens (tertiary/aromatic N) is 1. The predicted octanol–water partition coefficient (Wildman–Crippen LogP) is 8.53. The van der Waals surface area contributed by atoms with Crippen LogP contribution in [0.2, 0.25) is 0 Å². The molecule has 0 aliphatic rings. The minimum Gasteiger partial charge on any atom is -0.397 e. The van der Waals surface area contributed by atoms with Gasteiger partial charge in [-0.15, -0.1) is 11.3 Å². The summed E-state index contributed by atoms with van der Waals surface area (Å²) in [6.45, 7) is 8.06. The van der Waals surface area contributed by atoms with Crippen molar-refractivity contribution in [2.45, 2.75) is 33.6 Å². The number of nitrogen functional groups attached to an aromatic ring is 1. The van der Waals surface area contributed by atoms with Crippen molar-refractivity contribution in [2.75, 3.05) is 11.1 Å². The highest BCUT2D eigenvalue weighted by Crippen LogP contribution is 2.43. The number of aromatic nitrogens is 1. The Bertz CT molecular complexity index is 1720. The van der Waals surface area contributed by atoms with Crippen LogP contribution in [-0.2, 0) is 0 Å². The Labute approximate surface area is 240 Å². The van der Waals surface area contributed by atoms with Crippen LogP contribution in [0.4, 0.5) is 11.4 Å². The van der Waals surface area contributed by atoms with Crippen molar-refractivity contribution in [3.63, 3.8) is 0 Å². The number of nitrogens with one attached hydrogen (secondary N) is 1. The maximum Gasteiger partial charge on any atom is 0.258 e. The second kappa shape index (κ2) is 10.8. The lowest BCUT2D eigenvalue weighted by atomic mass is 9.92. The van der Waals surface area contributed by atoms with E-state index >= 15 is 0 Å². The topological polar surface area (TPSA) is 85.1 Å². The maximum absolute atomic E-state index is 13.8. The SMILES string of the molecule is Cc1ccccc1NC(=O)c1c(C)nc2sc(C(=O)c3ccc(Br)cc3)c(N)c2c1-c1ccc(C(C)C)cc1. The molecule has 1 amide bonds. The number of benzene rings is 3. The van der Waals surface area contributed by atoms with Crippen molar-refractivity contribution in [1.82, 2.24) is 4.98 Å². The molecule has 3 aromatic carbocycles. The first-order chi connectivity index (χ1) is 18.7. The third-order valence-corrected chi connectivity index (χ3v) is 8.48. The quantitative estimate of drug-likeness (QED) is 0.192. The van der Waals surface area contributed by atoms with Gasteiger partial charge >= 0.3 is 0 Å². The monoisotopic (exact) mass is 597 g/mol. The van der Waals surface area contributed by atoms with Crippen molar-refractivity contribution < 1.29 is 9.59 Å². The molecule has 0 aliphatic carbocycles. The molecule has 0 spiro atoms. The summed E-state index contributed by atoms with van der Waals surface area (Å²) in [5.74, 6) is -0.0818. The number of hydrogen-bond acceptors (Lipinski definition) is 5. The van der Waals surface area contributed by atoms with E-state index in [0.717, 1.165) is 21.3 Å². The average Bonchev–Trinajstić information content (AvgIpc) is 3.24. The van der Waals surface area contributed by atoms with Gasteiger partial charge in [0.05, 0.1) is 16.9 Å². The van der Waals surface area contributed by atoms with E-state index < -0.39 is 0 Å². The second-order valence-electron chi connectivity index (χ2n) is 9.85. The highest BCUT2D eigenvalue weighted by atomic mass is 79.9. The van der Waals surface area contributed by atoms with E-state index in [0.29, 0.717) is 49.1 Å². The molecule has 0 aliphatic heterocycles. The largest absolute Gasteiger partial charge is 0.397 e. The van der Waals surface area contributed by atoms with Crippen LogP contribution in [0.1, 0.15) is 62.2 Å². The molecule has 7 heteroatoms. The molecule has 0 saturated carbocycles. The van der Waals surface area contributed by atoms with E-state index in [1.54, 1.807) is 12.1 Å². The number of nitrogens with two attached hydrogens (primary N) is 1. The number of rotatable bonds is 6. The molecule has 0 bridgehead atoms. The molecular weight excluding hydrogens is 570 g/mol. The van der Waals surface area contributed by atoms with Crippen LogP contribution in [0.5, 0.6) is 0 Å². The summed E-state index contributed by atoms with van der Waals surface area (Å²) in [6, 6.07) is 23.0. The number of ketones is 1. The van der Waals surface area contributed by atoms with E-state index in [1.807, 2.05) is 62.4 Å². The lowest BCUT2D eigenvalue weighted by molar-refractivity contribution is 0.102. The number of amides is 1. The van der Waals surface area contributed by atoms with Crippen LogP contribution in [0.25, 0.3) is 21.3 Å². The van der Waals surface area contributed by atoms with Gasteiger partial charge in [0.25, 0.3) is 5.91 Å². The third kappa shape index (κ3) is 5.12. The molecule has 2 heterocycles. The number of thiophene rings is 1. The summed E-state index contributed by atoms with van der Waals surface area (Å²) in [5.41, 5.74) is 13.0. The lowest BCUT2D eigenvalue weighted by Gasteiger charge is -2.16. The van der Waals surface area contributed by atoms with Crippen molar-refractivity contribution in [1.29, 1.82) is 0 Å². The molecule has 5 rings (SSSR count). The van der Waals surface area contributed by atoms with Gasteiger partial charge in [-0.1, -0.05) is 72.2 Å². The fraction of sp³-hybridized carbons (Fsp3) is 0.156. The van der Waals surface area contributed by atoms with E-state index in [9.17, 15) is 9.59 Å². The highest BCUT2D eigenvalue weighted by molar-refractivity contribution is 9.10. The molecule has 5 aromatic rings. The normalized spacial score (nSPS) is 11.2. The Morgan fingerprint density at radius 2 is 1.62 bits per heavy atom.